The van der Waals surface area contributed by atoms with Crippen molar-refractivity contribution in [1.82, 2.24) is 4.98 Å². The van der Waals surface area contributed by atoms with Crippen LogP contribution in [-0.2, 0) is 4.79 Å². The summed E-state index contributed by atoms with van der Waals surface area (Å²) in [6, 6.07) is 12.8. The summed E-state index contributed by atoms with van der Waals surface area (Å²) < 4.78 is 23.1. The smallest absolute Gasteiger partial charge is 0.308 e. The molecule has 6 nitrogen and oxygen atoms in total. The topological polar surface area (TPSA) is 70.8 Å². The Bertz CT molecular complexity index is 990. The van der Waals surface area contributed by atoms with Crippen LogP contribution in [0.2, 0.25) is 0 Å². The zero-order valence-corrected chi connectivity index (χ0v) is 16.5. The van der Waals surface area contributed by atoms with Crippen LogP contribution in [0.1, 0.15) is 32.6 Å². The van der Waals surface area contributed by atoms with E-state index in [1.54, 1.807) is 19.4 Å². The molecular formula is C23H23NO5. The molecule has 1 aliphatic rings. The number of rotatable bonds is 6. The molecule has 4 rings (SSSR count). The zero-order chi connectivity index (χ0) is 20.2. The number of hydrogen-bond donors (Lipinski definition) is 0. The number of hydrogen-bond acceptors (Lipinski definition) is 6. The Morgan fingerprint density at radius 2 is 1.90 bits per heavy atom. The van der Waals surface area contributed by atoms with E-state index in [1.807, 2.05) is 36.4 Å². The Balaban J connectivity index is 1.74. The quantitative estimate of drug-likeness (QED) is 0.532. The molecule has 2 aromatic heterocycles. The van der Waals surface area contributed by atoms with Crippen LogP contribution in [0, 0.1) is 0 Å². The lowest BCUT2D eigenvalue weighted by molar-refractivity contribution is -0.131. The van der Waals surface area contributed by atoms with Crippen molar-refractivity contribution in [3.63, 3.8) is 0 Å². The molecule has 0 spiro atoms. The molecule has 150 valence electrons. The van der Waals surface area contributed by atoms with Gasteiger partial charge in [0.15, 0.2) is 28.8 Å². The Kier molecular flexibility index (Phi) is 5.51. The van der Waals surface area contributed by atoms with Gasteiger partial charge in [0, 0.05) is 24.8 Å². The molecular weight excluding hydrogens is 370 g/mol. The lowest BCUT2D eigenvalue weighted by Crippen LogP contribution is -2.11. The van der Waals surface area contributed by atoms with E-state index in [2.05, 4.69) is 4.98 Å². The van der Waals surface area contributed by atoms with Gasteiger partial charge in [0.25, 0.3) is 0 Å². The summed E-state index contributed by atoms with van der Waals surface area (Å²) in [5.41, 5.74) is 1.39. The first kappa shape index (κ1) is 19.1. The Labute approximate surface area is 169 Å². The first-order chi connectivity index (χ1) is 14.1. The monoisotopic (exact) mass is 393 g/mol. The number of aromatic nitrogens is 1. The number of carbonyl (C=O) groups excluding carboxylic acids is 1. The van der Waals surface area contributed by atoms with Gasteiger partial charge in [-0.15, -0.1) is 0 Å². The van der Waals surface area contributed by atoms with E-state index >= 15 is 0 Å². The maximum absolute atomic E-state index is 11.6. The predicted octanol–water partition coefficient (Wildman–Crippen LogP) is 5.26. The Morgan fingerprint density at radius 1 is 1.07 bits per heavy atom. The van der Waals surface area contributed by atoms with Crippen LogP contribution in [0.15, 0.2) is 53.1 Å². The number of esters is 1. The summed E-state index contributed by atoms with van der Waals surface area (Å²) >= 11 is 0. The molecule has 1 saturated carbocycles. The van der Waals surface area contributed by atoms with E-state index < -0.39 is 5.97 Å². The van der Waals surface area contributed by atoms with Crippen molar-refractivity contribution in [3.8, 4) is 40.0 Å². The first-order valence-electron chi connectivity index (χ1n) is 9.73. The van der Waals surface area contributed by atoms with Crippen LogP contribution in [0.5, 0.6) is 17.2 Å². The van der Waals surface area contributed by atoms with Crippen molar-refractivity contribution in [1.29, 1.82) is 0 Å². The molecule has 0 atom stereocenters. The number of ether oxygens (including phenoxy) is 3. The maximum atomic E-state index is 11.6. The molecule has 0 unspecified atom stereocenters. The second kappa shape index (κ2) is 8.39. The Hall–Kier alpha value is -3.28. The third-order valence-electron chi connectivity index (χ3n) is 4.89. The molecule has 3 aromatic rings. The van der Waals surface area contributed by atoms with Gasteiger partial charge in [-0.25, -0.2) is 0 Å². The highest BCUT2D eigenvalue weighted by atomic mass is 16.5. The number of nitrogens with zero attached hydrogens (tertiary/aromatic N) is 1. The fraction of sp³-hybridized carbons (Fsp3) is 0.304. The highest BCUT2D eigenvalue weighted by Gasteiger charge is 2.22. The van der Waals surface area contributed by atoms with Gasteiger partial charge in [-0.2, -0.15) is 0 Å². The van der Waals surface area contributed by atoms with Crippen molar-refractivity contribution >= 4 is 5.97 Å². The van der Waals surface area contributed by atoms with E-state index in [0.29, 0.717) is 34.5 Å². The SMILES string of the molecule is COc1ccc(-c2oc(-c3ccccn3)cc2OC(C)=O)cc1OC1CCCC1. The van der Waals surface area contributed by atoms with Crippen molar-refractivity contribution in [3.05, 3.63) is 48.7 Å². The third kappa shape index (κ3) is 4.26. The second-order valence-electron chi connectivity index (χ2n) is 7.00. The Morgan fingerprint density at radius 3 is 2.59 bits per heavy atom. The van der Waals surface area contributed by atoms with E-state index in [4.69, 9.17) is 18.6 Å². The van der Waals surface area contributed by atoms with E-state index in [1.165, 1.54) is 19.8 Å². The highest BCUT2D eigenvalue weighted by molar-refractivity contribution is 5.77. The average Bonchev–Trinajstić information content (AvgIpc) is 3.38. The molecule has 0 aliphatic heterocycles. The van der Waals surface area contributed by atoms with E-state index in [0.717, 1.165) is 18.4 Å². The van der Waals surface area contributed by atoms with Gasteiger partial charge in [-0.1, -0.05) is 6.07 Å². The van der Waals surface area contributed by atoms with Crippen molar-refractivity contribution < 1.29 is 23.4 Å². The minimum absolute atomic E-state index is 0.188. The summed E-state index contributed by atoms with van der Waals surface area (Å²) in [5.74, 6) is 2.20. The summed E-state index contributed by atoms with van der Waals surface area (Å²) in [6.07, 6.45) is 6.30. The molecule has 0 radical (unpaired) electrons. The zero-order valence-electron chi connectivity index (χ0n) is 16.5. The average molecular weight is 393 g/mol. The van der Waals surface area contributed by atoms with Gasteiger partial charge in [-0.3, -0.25) is 9.78 Å². The minimum Gasteiger partial charge on any atom is -0.493 e. The maximum Gasteiger partial charge on any atom is 0.308 e. The van der Waals surface area contributed by atoms with Crippen LogP contribution in [0.3, 0.4) is 0 Å². The second-order valence-corrected chi connectivity index (χ2v) is 7.00. The van der Waals surface area contributed by atoms with Gasteiger partial charge in [0.1, 0.15) is 5.69 Å². The molecule has 1 aliphatic carbocycles. The predicted molar refractivity (Wildman–Crippen MR) is 108 cm³/mol. The molecule has 0 amide bonds. The standard InChI is InChI=1S/C23H23NO5/c1-15(25)27-22-14-20(18-9-5-6-12-24-18)29-23(22)16-10-11-19(26-2)21(13-16)28-17-7-3-4-8-17/h5-6,9-14,17H,3-4,7-8H2,1-2H3. The summed E-state index contributed by atoms with van der Waals surface area (Å²) in [5, 5.41) is 0. The molecule has 0 N–H and O–H groups in total. The highest BCUT2D eigenvalue weighted by Crippen LogP contribution is 2.41. The van der Waals surface area contributed by atoms with Gasteiger partial charge >= 0.3 is 5.97 Å². The fourth-order valence-electron chi connectivity index (χ4n) is 3.54. The lowest BCUT2D eigenvalue weighted by atomic mass is 10.1. The first-order valence-corrected chi connectivity index (χ1v) is 9.73. The van der Waals surface area contributed by atoms with Crippen molar-refractivity contribution in [2.75, 3.05) is 7.11 Å². The van der Waals surface area contributed by atoms with Crippen LogP contribution in [-0.4, -0.2) is 24.2 Å². The van der Waals surface area contributed by atoms with Crippen LogP contribution in [0.25, 0.3) is 22.8 Å². The normalized spacial score (nSPS) is 14.0. The lowest BCUT2D eigenvalue weighted by Gasteiger charge is -2.16. The minimum atomic E-state index is -0.421. The molecule has 1 fully saturated rings. The van der Waals surface area contributed by atoms with Gasteiger partial charge in [-0.05, 0) is 56.0 Å². The number of pyridine rings is 1. The van der Waals surface area contributed by atoms with Crippen LogP contribution >= 0.6 is 0 Å². The number of benzene rings is 1. The van der Waals surface area contributed by atoms with Gasteiger partial charge < -0.3 is 18.6 Å². The summed E-state index contributed by atoms with van der Waals surface area (Å²) in [7, 11) is 1.62. The van der Waals surface area contributed by atoms with Crippen molar-refractivity contribution in [2.45, 2.75) is 38.7 Å². The summed E-state index contributed by atoms with van der Waals surface area (Å²) in [4.78, 5) is 15.9. The summed E-state index contributed by atoms with van der Waals surface area (Å²) in [6.45, 7) is 1.36. The molecule has 0 saturated heterocycles. The number of furan rings is 1. The van der Waals surface area contributed by atoms with Gasteiger partial charge in [0.05, 0.1) is 13.2 Å². The van der Waals surface area contributed by atoms with Crippen LogP contribution in [0.4, 0.5) is 0 Å². The van der Waals surface area contributed by atoms with E-state index in [-0.39, 0.29) is 6.10 Å². The number of methoxy groups -OCH3 is 1. The van der Waals surface area contributed by atoms with Crippen molar-refractivity contribution in [2.24, 2.45) is 0 Å². The van der Waals surface area contributed by atoms with E-state index in [9.17, 15) is 4.79 Å². The van der Waals surface area contributed by atoms with Crippen LogP contribution < -0.4 is 14.2 Å². The molecule has 0 bridgehead atoms. The number of carbonyl (C=O) groups is 1. The fourth-order valence-corrected chi connectivity index (χ4v) is 3.54. The van der Waals surface area contributed by atoms with Gasteiger partial charge in [0.2, 0.25) is 0 Å². The molecule has 29 heavy (non-hydrogen) atoms. The molecule has 6 heteroatoms. The largest absolute Gasteiger partial charge is 0.493 e. The third-order valence-corrected chi connectivity index (χ3v) is 4.89. The molecule has 2 heterocycles. The molecule has 1 aromatic carbocycles.